The molecule has 3 aromatic heterocycles. The second-order valence-corrected chi connectivity index (χ2v) is 15.8. The molecule has 2 aromatic carbocycles. The third-order valence-electron chi connectivity index (χ3n) is 11.5. The number of amides is 6. The molecule has 1 atom stereocenters. The number of nitrogens with one attached hydrogen (secondary N) is 3. The molecule has 5 aromatic rings. The summed E-state index contributed by atoms with van der Waals surface area (Å²) in [7, 11) is 1.69. The molecule has 1 unspecified atom stereocenters. The van der Waals surface area contributed by atoms with Gasteiger partial charge in [0.05, 0.1) is 66.0 Å². The standard InChI is InChI=1S/C45H45FN8O10/c1-25(56)36-21-32(42(59)49-34-19-26(24-55)18-31(41(34)46)27-22-48-51(2)23-27)37-20-29(10-15-53(36)37)64-28-8-13-52(14-9-28)39(58)11-16-63-17-12-47-33-5-3-4-30-40(33)45(62)54(44(30)61)35-6-7-38(57)50-43(35)60/h3-5,10,15,18-23,28,35,47,55H,6-9,11-14,16-17,24H2,1-2H3,(H,49,59)(H,50,57,60). The van der Waals surface area contributed by atoms with Crippen molar-refractivity contribution < 1.29 is 52.5 Å². The Morgan fingerprint density at radius 2 is 1.77 bits per heavy atom. The minimum atomic E-state index is -1.07. The fraction of sp³-hybridized carbons (Fsp3) is 0.333. The van der Waals surface area contributed by atoms with Gasteiger partial charge in [-0.2, -0.15) is 5.10 Å². The van der Waals surface area contributed by atoms with Crippen LogP contribution in [0.3, 0.4) is 0 Å². The number of aliphatic hydroxyl groups excluding tert-OH is 1. The van der Waals surface area contributed by atoms with Crippen molar-refractivity contribution in [2.75, 3.05) is 43.5 Å². The maximum atomic E-state index is 15.8. The van der Waals surface area contributed by atoms with Crippen LogP contribution >= 0.6 is 0 Å². The van der Waals surface area contributed by atoms with Crippen molar-refractivity contribution in [1.82, 2.24) is 29.3 Å². The van der Waals surface area contributed by atoms with Crippen molar-refractivity contribution in [3.63, 3.8) is 0 Å². The minimum absolute atomic E-state index is 0.0252. The largest absolute Gasteiger partial charge is 0.490 e. The molecule has 0 spiro atoms. The average molecular weight is 877 g/mol. The normalized spacial score (nSPS) is 16.6. The summed E-state index contributed by atoms with van der Waals surface area (Å²) >= 11 is 0. The Balaban J connectivity index is 0.822. The van der Waals surface area contributed by atoms with Gasteiger partial charge in [-0.1, -0.05) is 6.07 Å². The van der Waals surface area contributed by atoms with E-state index < -0.39 is 48.0 Å². The van der Waals surface area contributed by atoms with Crippen molar-refractivity contribution >= 4 is 58.1 Å². The smallest absolute Gasteiger partial charge is 0.264 e. The number of aliphatic hydroxyl groups is 1. The molecule has 332 valence electrons. The number of nitrogens with zero attached hydrogens (tertiary/aromatic N) is 5. The first-order valence-electron chi connectivity index (χ1n) is 20.8. The van der Waals surface area contributed by atoms with E-state index in [1.54, 1.807) is 53.0 Å². The van der Waals surface area contributed by atoms with Gasteiger partial charge in [0.15, 0.2) is 11.6 Å². The molecule has 6 amide bonds. The second-order valence-electron chi connectivity index (χ2n) is 15.8. The van der Waals surface area contributed by atoms with E-state index in [2.05, 4.69) is 21.0 Å². The summed E-state index contributed by atoms with van der Waals surface area (Å²) in [6, 6.07) is 11.3. The number of likely N-dealkylation sites (tertiary alicyclic amines) is 1. The summed E-state index contributed by atoms with van der Waals surface area (Å²) in [6.07, 6.45) is 5.79. The number of fused-ring (bicyclic) bond motifs is 2. The van der Waals surface area contributed by atoms with Crippen LogP contribution in [0.4, 0.5) is 15.8 Å². The number of ketones is 1. The molecule has 2 saturated heterocycles. The molecule has 19 heteroatoms. The molecule has 3 aliphatic heterocycles. The van der Waals surface area contributed by atoms with Crippen molar-refractivity contribution in [2.45, 2.75) is 57.8 Å². The van der Waals surface area contributed by atoms with Crippen LogP contribution in [0.2, 0.25) is 0 Å². The Morgan fingerprint density at radius 3 is 2.48 bits per heavy atom. The van der Waals surface area contributed by atoms with E-state index in [1.165, 1.54) is 42.1 Å². The van der Waals surface area contributed by atoms with Gasteiger partial charge in [-0.25, -0.2) is 4.39 Å². The number of carbonyl (C=O) groups excluding carboxylic acids is 7. The predicted molar refractivity (Wildman–Crippen MR) is 227 cm³/mol. The Morgan fingerprint density at radius 1 is 0.969 bits per heavy atom. The Hall–Kier alpha value is -7.25. The van der Waals surface area contributed by atoms with E-state index in [9.17, 15) is 38.7 Å². The number of imide groups is 2. The van der Waals surface area contributed by atoms with Gasteiger partial charge in [0, 0.05) is 88.1 Å². The summed E-state index contributed by atoms with van der Waals surface area (Å²) in [6.45, 7) is 2.51. The molecule has 2 fully saturated rings. The Kier molecular flexibility index (Phi) is 12.4. The van der Waals surface area contributed by atoms with Crippen LogP contribution in [0.5, 0.6) is 5.75 Å². The number of hydrogen-bond acceptors (Lipinski definition) is 12. The van der Waals surface area contributed by atoms with Crippen LogP contribution in [0.25, 0.3) is 16.6 Å². The van der Waals surface area contributed by atoms with E-state index in [0.29, 0.717) is 54.0 Å². The number of aryl methyl sites for hydroxylation is 1. The lowest BCUT2D eigenvalue weighted by molar-refractivity contribution is -0.136. The summed E-state index contributed by atoms with van der Waals surface area (Å²) in [5.74, 6) is -3.66. The molecule has 0 radical (unpaired) electrons. The molecule has 3 aliphatic rings. The lowest BCUT2D eigenvalue weighted by atomic mass is 10.0. The number of aromatic nitrogens is 3. The second kappa shape index (κ2) is 18.2. The van der Waals surface area contributed by atoms with Crippen LogP contribution in [-0.2, 0) is 32.8 Å². The van der Waals surface area contributed by atoms with Crippen LogP contribution in [-0.4, -0.2) is 115 Å². The van der Waals surface area contributed by atoms with Gasteiger partial charge in [-0.3, -0.25) is 48.5 Å². The number of anilines is 2. The van der Waals surface area contributed by atoms with E-state index in [4.69, 9.17) is 9.47 Å². The maximum absolute atomic E-state index is 15.8. The van der Waals surface area contributed by atoms with Gasteiger partial charge < -0.3 is 34.5 Å². The maximum Gasteiger partial charge on any atom is 0.264 e. The first kappa shape index (κ1) is 43.4. The van der Waals surface area contributed by atoms with Gasteiger partial charge in [-0.05, 0) is 48.4 Å². The van der Waals surface area contributed by atoms with Gasteiger partial charge in [0.1, 0.15) is 17.9 Å². The Bertz CT molecular complexity index is 2720. The van der Waals surface area contributed by atoms with Crippen molar-refractivity contribution in [2.24, 2.45) is 7.05 Å². The van der Waals surface area contributed by atoms with Crippen molar-refractivity contribution in [1.29, 1.82) is 0 Å². The fourth-order valence-electron chi connectivity index (χ4n) is 8.29. The third-order valence-corrected chi connectivity index (χ3v) is 11.5. The zero-order chi connectivity index (χ0) is 45.2. The fourth-order valence-corrected chi connectivity index (χ4v) is 8.29. The number of pyridine rings is 1. The summed E-state index contributed by atoms with van der Waals surface area (Å²) in [5, 5.41) is 21.9. The highest BCUT2D eigenvalue weighted by molar-refractivity contribution is 6.25. The highest BCUT2D eigenvalue weighted by Crippen LogP contribution is 2.34. The third kappa shape index (κ3) is 8.71. The van der Waals surface area contributed by atoms with Crippen LogP contribution in [0.15, 0.2) is 67.1 Å². The van der Waals surface area contributed by atoms with E-state index in [0.717, 1.165) is 4.90 Å². The van der Waals surface area contributed by atoms with Gasteiger partial charge in [0.2, 0.25) is 17.7 Å². The molecule has 0 bridgehead atoms. The van der Waals surface area contributed by atoms with Gasteiger partial charge >= 0.3 is 0 Å². The van der Waals surface area contributed by atoms with E-state index >= 15 is 4.39 Å². The highest BCUT2D eigenvalue weighted by atomic mass is 19.1. The molecule has 6 heterocycles. The molecule has 64 heavy (non-hydrogen) atoms. The predicted octanol–water partition coefficient (Wildman–Crippen LogP) is 3.72. The number of ether oxygens (including phenoxy) is 2. The number of benzene rings is 2. The van der Waals surface area contributed by atoms with Crippen molar-refractivity contribution in [3.05, 3.63) is 101 Å². The number of Topliss-reactive ketones (excluding diaryl/α,β-unsaturated/α-hetero) is 1. The highest BCUT2D eigenvalue weighted by Gasteiger charge is 2.45. The zero-order valence-corrected chi connectivity index (χ0v) is 35.0. The molecular weight excluding hydrogens is 832 g/mol. The van der Waals surface area contributed by atoms with Crippen molar-refractivity contribution in [3.8, 4) is 16.9 Å². The first-order valence-corrected chi connectivity index (χ1v) is 20.8. The molecule has 0 saturated carbocycles. The molecule has 18 nitrogen and oxygen atoms in total. The van der Waals surface area contributed by atoms with Crippen LogP contribution in [0, 0.1) is 5.82 Å². The molecule has 8 rings (SSSR count). The average Bonchev–Trinajstić information content (AvgIpc) is 3.96. The van der Waals surface area contributed by atoms with Gasteiger partial charge in [0.25, 0.3) is 17.7 Å². The van der Waals surface area contributed by atoms with Crippen LogP contribution < -0.4 is 20.7 Å². The molecule has 0 aliphatic carbocycles. The van der Waals surface area contributed by atoms with Gasteiger partial charge in [-0.15, -0.1) is 0 Å². The lowest BCUT2D eigenvalue weighted by Crippen LogP contribution is -2.54. The Labute approximate surface area is 365 Å². The number of hydrogen-bond donors (Lipinski definition) is 4. The number of halogens is 1. The summed E-state index contributed by atoms with van der Waals surface area (Å²) < 4.78 is 30.9. The number of carbonyl (C=O) groups is 7. The number of piperidine rings is 2. The minimum Gasteiger partial charge on any atom is -0.490 e. The summed E-state index contributed by atoms with van der Waals surface area (Å²) in [4.78, 5) is 92.5. The number of rotatable bonds is 15. The molecule has 4 N–H and O–H groups in total. The summed E-state index contributed by atoms with van der Waals surface area (Å²) in [5.41, 5.74) is 2.28. The lowest BCUT2D eigenvalue weighted by Gasteiger charge is -2.32. The van der Waals surface area contributed by atoms with E-state index in [1.807, 2.05) is 0 Å². The SMILES string of the molecule is CC(=O)c1cc(C(=O)Nc2cc(CO)cc(-c3cnn(C)c3)c2F)c2cc(OC3CCN(C(=O)CCOCCNc4cccc5c4C(=O)N(C4CCC(=O)NC4=O)C5=O)CC3)ccn12. The van der Waals surface area contributed by atoms with E-state index in [-0.39, 0.29) is 90.5 Å². The van der Waals surface area contributed by atoms with Crippen LogP contribution in [0.1, 0.15) is 86.2 Å². The molecular formula is C45H45FN8O10. The zero-order valence-electron chi connectivity index (χ0n) is 35.0. The first-order chi connectivity index (χ1) is 30.8. The monoisotopic (exact) mass is 876 g/mol. The topological polar surface area (TPSA) is 223 Å². The quantitative estimate of drug-likeness (QED) is 0.0672.